The van der Waals surface area contributed by atoms with E-state index in [4.69, 9.17) is 21.9 Å². The summed E-state index contributed by atoms with van der Waals surface area (Å²) in [6.07, 6.45) is 4.36. The number of anilines is 1. The van der Waals surface area contributed by atoms with Crippen LogP contribution < -0.4 is 21.9 Å². The number of hydrogen-bond acceptors (Lipinski definition) is 4. The zero-order valence-corrected chi connectivity index (χ0v) is 8.69. The van der Waals surface area contributed by atoms with Crippen LogP contribution in [0.5, 0.6) is 5.75 Å². The zero-order valence-electron chi connectivity index (χ0n) is 8.69. The van der Waals surface area contributed by atoms with Crippen LogP contribution in [0.3, 0.4) is 0 Å². The molecule has 0 amide bonds. The molecule has 0 aliphatic carbocycles. The fourth-order valence-electron chi connectivity index (χ4n) is 1.08. The monoisotopic (exact) mass is 223 g/mol. The molecular formula is C11H14FN3O. The average molecular weight is 223 g/mol. The highest BCUT2D eigenvalue weighted by Gasteiger charge is 2.04. The number of nitrogens with two attached hydrogens (primary N) is 3. The number of allylic oxidation sites excluding steroid dienone is 1. The first-order chi connectivity index (χ1) is 7.67. The van der Waals surface area contributed by atoms with E-state index in [1.165, 1.54) is 24.4 Å². The van der Waals surface area contributed by atoms with Crippen LogP contribution in [-0.2, 0) is 0 Å². The Morgan fingerprint density at radius 1 is 1.44 bits per heavy atom. The Balaban J connectivity index is 2.89. The topological polar surface area (TPSA) is 87.3 Å². The Labute approximate surface area is 93.2 Å². The highest BCUT2D eigenvalue weighted by atomic mass is 19.1. The molecule has 0 radical (unpaired) electrons. The minimum Gasteiger partial charge on any atom is -0.455 e. The lowest BCUT2D eigenvalue weighted by atomic mass is 10.3. The van der Waals surface area contributed by atoms with Crippen LogP contribution in [0.15, 0.2) is 42.3 Å². The summed E-state index contributed by atoms with van der Waals surface area (Å²) < 4.78 is 18.6. The Bertz CT molecular complexity index is 416. The van der Waals surface area contributed by atoms with E-state index in [0.29, 0.717) is 11.4 Å². The van der Waals surface area contributed by atoms with Crippen LogP contribution in [-0.4, -0.2) is 6.54 Å². The molecule has 16 heavy (non-hydrogen) atoms. The fraction of sp³-hybridized carbons (Fsp3) is 0.0909. The number of nitrogen functional groups attached to an aromatic ring is 1. The van der Waals surface area contributed by atoms with Crippen molar-refractivity contribution in [1.29, 1.82) is 0 Å². The Morgan fingerprint density at radius 3 is 2.75 bits per heavy atom. The number of hydrogen-bond donors (Lipinski definition) is 3. The highest BCUT2D eigenvalue weighted by Crippen LogP contribution is 2.21. The molecule has 0 fully saturated rings. The van der Waals surface area contributed by atoms with Crippen LogP contribution in [0.1, 0.15) is 0 Å². The summed E-state index contributed by atoms with van der Waals surface area (Å²) in [6, 6.07) is 4.17. The molecule has 0 bridgehead atoms. The first-order valence-electron chi connectivity index (χ1n) is 4.68. The first-order valence-corrected chi connectivity index (χ1v) is 4.68. The minimum absolute atomic E-state index is 0.0759. The lowest BCUT2D eigenvalue weighted by molar-refractivity contribution is 0.410. The van der Waals surface area contributed by atoms with Gasteiger partial charge in [-0.25, -0.2) is 4.39 Å². The van der Waals surface area contributed by atoms with Crippen molar-refractivity contribution >= 4 is 5.69 Å². The van der Waals surface area contributed by atoms with Gasteiger partial charge in [-0.1, -0.05) is 0 Å². The lowest BCUT2D eigenvalue weighted by Gasteiger charge is -2.07. The van der Waals surface area contributed by atoms with Gasteiger partial charge >= 0.3 is 0 Å². The van der Waals surface area contributed by atoms with E-state index in [1.54, 1.807) is 12.1 Å². The van der Waals surface area contributed by atoms with Crippen molar-refractivity contribution in [1.82, 2.24) is 0 Å². The molecule has 5 heteroatoms. The van der Waals surface area contributed by atoms with Gasteiger partial charge in [0.25, 0.3) is 0 Å². The van der Waals surface area contributed by atoms with E-state index in [9.17, 15) is 4.39 Å². The summed E-state index contributed by atoms with van der Waals surface area (Å²) in [6.45, 7) is 0.274. The molecule has 0 aromatic heterocycles. The Hall–Kier alpha value is -2.01. The molecule has 4 nitrogen and oxygen atoms in total. The summed E-state index contributed by atoms with van der Waals surface area (Å²) in [7, 11) is 0. The SMILES string of the molecule is N/C=C\C(=C/CN)Oc1ccc(N)cc1F. The summed E-state index contributed by atoms with van der Waals surface area (Å²) in [5.41, 5.74) is 16.3. The second kappa shape index (κ2) is 5.77. The van der Waals surface area contributed by atoms with Crippen molar-refractivity contribution in [3.63, 3.8) is 0 Å². The maximum Gasteiger partial charge on any atom is 0.167 e. The summed E-state index contributed by atoms with van der Waals surface area (Å²) in [4.78, 5) is 0. The van der Waals surface area contributed by atoms with Gasteiger partial charge in [0.2, 0.25) is 0 Å². The van der Waals surface area contributed by atoms with Crippen molar-refractivity contribution in [2.45, 2.75) is 0 Å². The molecule has 0 atom stereocenters. The Kier molecular flexibility index (Phi) is 4.35. The van der Waals surface area contributed by atoms with E-state index in [0.717, 1.165) is 0 Å². The second-order valence-corrected chi connectivity index (χ2v) is 2.99. The third-order valence-corrected chi connectivity index (χ3v) is 1.76. The normalized spacial score (nSPS) is 12.0. The molecule has 0 saturated carbocycles. The molecule has 0 heterocycles. The average Bonchev–Trinajstić information content (AvgIpc) is 2.23. The van der Waals surface area contributed by atoms with Crippen molar-refractivity contribution in [3.05, 3.63) is 48.1 Å². The van der Waals surface area contributed by atoms with Crippen LogP contribution in [0.2, 0.25) is 0 Å². The fourth-order valence-corrected chi connectivity index (χ4v) is 1.08. The molecule has 0 unspecified atom stereocenters. The third kappa shape index (κ3) is 3.29. The standard InChI is InChI=1S/C11H14FN3O/c12-10-7-8(15)1-2-11(10)16-9(3-5-13)4-6-14/h1-5,7H,6,13-15H2/b5-3-,9-4+. The molecule has 0 aliphatic rings. The van der Waals surface area contributed by atoms with Gasteiger partial charge in [0, 0.05) is 18.3 Å². The van der Waals surface area contributed by atoms with Crippen LogP contribution in [0, 0.1) is 5.82 Å². The van der Waals surface area contributed by atoms with E-state index in [1.807, 2.05) is 0 Å². The quantitative estimate of drug-likeness (QED) is 0.405. The summed E-state index contributed by atoms with van der Waals surface area (Å²) in [5.74, 6) is -0.0750. The smallest absolute Gasteiger partial charge is 0.167 e. The molecule has 1 aromatic carbocycles. The molecular weight excluding hydrogens is 209 g/mol. The maximum atomic E-state index is 13.4. The van der Waals surface area contributed by atoms with Crippen molar-refractivity contribution in [2.75, 3.05) is 12.3 Å². The largest absolute Gasteiger partial charge is 0.455 e. The number of rotatable bonds is 4. The van der Waals surface area contributed by atoms with E-state index in [2.05, 4.69) is 0 Å². The third-order valence-electron chi connectivity index (χ3n) is 1.76. The van der Waals surface area contributed by atoms with Gasteiger partial charge in [-0.2, -0.15) is 0 Å². The molecule has 6 N–H and O–H groups in total. The van der Waals surface area contributed by atoms with Crippen molar-refractivity contribution in [2.24, 2.45) is 11.5 Å². The van der Waals surface area contributed by atoms with Gasteiger partial charge in [-0.05, 0) is 30.5 Å². The van der Waals surface area contributed by atoms with Gasteiger partial charge in [0.15, 0.2) is 11.6 Å². The maximum absolute atomic E-state index is 13.4. The van der Waals surface area contributed by atoms with Gasteiger partial charge in [-0.15, -0.1) is 0 Å². The lowest BCUT2D eigenvalue weighted by Crippen LogP contribution is -2.01. The van der Waals surface area contributed by atoms with Gasteiger partial charge in [-0.3, -0.25) is 0 Å². The summed E-state index contributed by atoms with van der Waals surface area (Å²) in [5, 5.41) is 0. The highest BCUT2D eigenvalue weighted by molar-refractivity contribution is 5.43. The van der Waals surface area contributed by atoms with E-state index >= 15 is 0 Å². The van der Waals surface area contributed by atoms with Crippen LogP contribution in [0.4, 0.5) is 10.1 Å². The van der Waals surface area contributed by atoms with E-state index < -0.39 is 5.82 Å². The van der Waals surface area contributed by atoms with Gasteiger partial charge in [0.1, 0.15) is 5.76 Å². The Morgan fingerprint density at radius 2 is 2.19 bits per heavy atom. The van der Waals surface area contributed by atoms with Crippen LogP contribution in [0.25, 0.3) is 0 Å². The van der Waals surface area contributed by atoms with Gasteiger partial charge in [0.05, 0.1) is 0 Å². The molecule has 1 rings (SSSR count). The second-order valence-electron chi connectivity index (χ2n) is 2.99. The van der Waals surface area contributed by atoms with Crippen LogP contribution >= 0.6 is 0 Å². The zero-order chi connectivity index (χ0) is 12.0. The predicted octanol–water partition coefficient (Wildman–Crippen LogP) is 1.10. The number of ether oxygens (including phenoxy) is 1. The van der Waals surface area contributed by atoms with E-state index in [-0.39, 0.29) is 12.3 Å². The molecule has 0 spiro atoms. The predicted molar refractivity (Wildman–Crippen MR) is 61.9 cm³/mol. The molecule has 0 saturated heterocycles. The molecule has 86 valence electrons. The first kappa shape index (κ1) is 12.1. The molecule has 1 aromatic rings. The number of benzene rings is 1. The molecule has 0 aliphatic heterocycles. The number of halogens is 1. The minimum atomic E-state index is -0.534. The van der Waals surface area contributed by atoms with Crippen molar-refractivity contribution in [3.8, 4) is 5.75 Å². The van der Waals surface area contributed by atoms with Gasteiger partial charge < -0.3 is 21.9 Å². The van der Waals surface area contributed by atoms with Crippen molar-refractivity contribution < 1.29 is 9.13 Å². The summed E-state index contributed by atoms with van der Waals surface area (Å²) >= 11 is 0.